The van der Waals surface area contributed by atoms with Gasteiger partial charge in [0.2, 0.25) is 5.91 Å². The van der Waals surface area contributed by atoms with Crippen LogP contribution in [0, 0.1) is 0 Å². The highest BCUT2D eigenvalue weighted by molar-refractivity contribution is 6.04. The molecule has 0 unspecified atom stereocenters. The molecule has 2 amide bonds. The van der Waals surface area contributed by atoms with E-state index in [0.29, 0.717) is 43.1 Å². The third-order valence-electron chi connectivity index (χ3n) is 4.77. The van der Waals surface area contributed by atoms with Crippen LogP contribution < -0.4 is 14.8 Å². The number of nitrogens with zero attached hydrogens (tertiary/aromatic N) is 1. The second-order valence-electron chi connectivity index (χ2n) is 7.48. The van der Waals surface area contributed by atoms with E-state index < -0.39 is 0 Å². The molecule has 6 nitrogen and oxygen atoms in total. The maximum atomic E-state index is 12.7. The van der Waals surface area contributed by atoms with Gasteiger partial charge in [-0.1, -0.05) is 36.4 Å². The summed E-state index contributed by atoms with van der Waals surface area (Å²) in [4.78, 5) is 26.1. The van der Waals surface area contributed by atoms with E-state index in [1.807, 2.05) is 60.7 Å². The quantitative estimate of drug-likeness (QED) is 0.482. The lowest BCUT2D eigenvalue weighted by atomic mass is 10.1. The Kier molecular flexibility index (Phi) is 8.26. The summed E-state index contributed by atoms with van der Waals surface area (Å²) >= 11 is 0. The number of benzene rings is 3. The zero-order valence-electron chi connectivity index (χ0n) is 18.4. The molecule has 1 N–H and O–H groups in total. The molecule has 3 rings (SSSR count). The predicted molar refractivity (Wildman–Crippen MR) is 125 cm³/mol. The Balaban J connectivity index is 1.52. The molecule has 0 aliphatic rings. The molecule has 6 heteroatoms. The first-order valence-corrected chi connectivity index (χ1v) is 10.5. The van der Waals surface area contributed by atoms with Gasteiger partial charge in [-0.05, 0) is 54.4 Å². The fraction of sp³-hybridized carbons (Fsp3) is 0.231. The van der Waals surface area contributed by atoms with Crippen molar-refractivity contribution in [3.63, 3.8) is 0 Å². The van der Waals surface area contributed by atoms with Crippen molar-refractivity contribution in [3.8, 4) is 11.5 Å². The summed E-state index contributed by atoms with van der Waals surface area (Å²) < 4.78 is 11.3. The molecule has 3 aromatic rings. The molecule has 0 aliphatic heterocycles. The van der Waals surface area contributed by atoms with Gasteiger partial charge in [-0.15, -0.1) is 0 Å². The number of ether oxygens (including phenoxy) is 2. The fourth-order valence-corrected chi connectivity index (χ4v) is 3.05. The summed E-state index contributed by atoms with van der Waals surface area (Å²) in [5.41, 5.74) is 2.18. The first-order chi connectivity index (χ1) is 15.5. The van der Waals surface area contributed by atoms with Gasteiger partial charge < -0.3 is 19.7 Å². The minimum atomic E-state index is -0.225. The van der Waals surface area contributed by atoms with Crippen LogP contribution in [0.3, 0.4) is 0 Å². The van der Waals surface area contributed by atoms with Gasteiger partial charge in [0.15, 0.2) is 0 Å². The molecule has 0 atom stereocenters. The summed E-state index contributed by atoms with van der Waals surface area (Å²) in [7, 11) is 3.49. The molecule has 0 saturated heterocycles. The van der Waals surface area contributed by atoms with Gasteiger partial charge in [0.1, 0.15) is 24.7 Å². The molecule has 0 radical (unpaired) electrons. The van der Waals surface area contributed by atoms with Crippen LogP contribution in [0.25, 0.3) is 0 Å². The first kappa shape index (κ1) is 22.9. The highest BCUT2D eigenvalue weighted by atomic mass is 16.5. The van der Waals surface area contributed by atoms with Crippen molar-refractivity contribution >= 4 is 17.5 Å². The van der Waals surface area contributed by atoms with Gasteiger partial charge in [-0.3, -0.25) is 9.59 Å². The molecule has 3 aromatic carbocycles. The van der Waals surface area contributed by atoms with Gasteiger partial charge in [-0.2, -0.15) is 0 Å². The lowest BCUT2D eigenvalue weighted by Gasteiger charge is -2.11. The summed E-state index contributed by atoms with van der Waals surface area (Å²) in [5.74, 6) is 1.24. The Morgan fingerprint density at radius 3 is 2.25 bits per heavy atom. The zero-order chi connectivity index (χ0) is 22.8. The Labute approximate surface area is 188 Å². The molecule has 32 heavy (non-hydrogen) atoms. The third kappa shape index (κ3) is 7.16. The summed E-state index contributed by atoms with van der Waals surface area (Å²) in [6, 6.07) is 24.1. The minimum Gasteiger partial charge on any atom is -0.490 e. The van der Waals surface area contributed by atoms with E-state index in [1.54, 1.807) is 37.2 Å². The first-order valence-electron chi connectivity index (χ1n) is 10.5. The smallest absolute Gasteiger partial charge is 0.255 e. The van der Waals surface area contributed by atoms with Crippen molar-refractivity contribution in [1.82, 2.24) is 4.90 Å². The molecule has 0 aromatic heterocycles. The van der Waals surface area contributed by atoms with Gasteiger partial charge in [0, 0.05) is 31.8 Å². The van der Waals surface area contributed by atoms with E-state index in [1.165, 1.54) is 0 Å². The number of hydrogen-bond donors (Lipinski definition) is 1. The number of carbonyl (C=O) groups excluding carboxylic acids is 2. The van der Waals surface area contributed by atoms with Gasteiger partial charge in [0.05, 0.1) is 0 Å². The van der Waals surface area contributed by atoms with Crippen molar-refractivity contribution in [1.29, 1.82) is 0 Å². The lowest BCUT2D eigenvalue weighted by Crippen LogP contribution is -2.21. The number of aryl methyl sites for hydroxylation is 1. The summed E-state index contributed by atoms with van der Waals surface area (Å²) in [5, 5.41) is 2.91. The third-order valence-corrected chi connectivity index (χ3v) is 4.77. The number of nitrogens with one attached hydrogen (secondary N) is 1. The molecule has 0 heterocycles. The fourth-order valence-electron chi connectivity index (χ4n) is 3.05. The number of rotatable bonds is 10. The van der Waals surface area contributed by atoms with Crippen LogP contribution in [0.4, 0.5) is 5.69 Å². The number of hydrogen-bond acceptors (Lipinski definition) is 4. The second kappa shape index (κ2) is 11.6. The summed E-state index contributed by atoms with van der Waals surface area (Å²) in [6.45, 7) is 0.775. The van der Waals surface area contributed by atoms with Gasteiger partial charge in [-0.25, -0.2) is 0 Å². The highest BCUT2D eigenvalue weighted by Crippen LogP contribution is 2.17. The standard InChI is InChI=1S/C26H28N2O4/c1-28(2)25(29)15-14-20-8-6-10-22(18-20)27-26(30)21-9-7-13-24(19-21)32-17-16-31-23-11-4-3-5-12-23/h3-13,18-19H,14-17H2,1-2H3,(H,27,30). The molecule has 0 spiro atoms. The second-order valence-corrected chi connectivity index (χ2v) is 7.48. The van der Waals surface area contributed by atoms with Crippen LogP contribution >= 0.6 is 0 Å². The molecule has 166 valence electrons. The Morgan fingerprint density at radius 1 is 0.812 bits per heavy atom. The monoisotopic (exact) mass is 432 g/mol. The number of anilines is 1. The minimum absolute atomic E-state index is 0.0745. The lowest BCUT2D eigenvalue weighted by molar-refractivity contribution is -0.128. The van der Waals surface area contributed by atoms with Crippen LogP contribution in [0.1, 0.15) is 22.3 Å². The molecule has 0 saturated carbocycles. The van der Waals surface area contributed by atoms with E-state index in [9.17, 15) is 9.59 Å². The Hall–Kier alpha value is -3.80. The Bertz CT molecular complexity index is 1030. The number of carbonyl (C=O) groups is 2. The normalized spacial score (nSPS) is 10.3. The predicted octanol–water partition coefficient (Wildman–Crippen LogP) is 4.42. The van der Waals surface area contributed by atoms with Gasteiger partial charge in [0.25, 0.3) is 5.91 Å². The summed E-state index contributed by atoms with van der Waals surface area (Å²) in [6.07, 6.45) is 1.05. The molecular formula is C26H28N2O4. The highest BCUT2D eigenvalue weighted by Gasteiger charge is 2.09. The van der Waals surface area contributed by atoms with Crippen LogP contribution in [0.5, 0.6) is 11.5 Å². The largest absolute Gasteiger partial charge is 0.490 e. The topological polar surface area (TPSA) is 67.9 Å². The number of para-hydroxylation sites is 1. The van der Waals surface area contributed by atoms with Crippen molar-refractivity contribution in [3.05, 3.63) is 90.0 Å². The molecule has 0 fully saturated rings. The Morgan fingerprint density at radius 2 is 1.50 bits per heavy atom. The van der Waals surface area contributed by atoms with Gasteiger partial charge >= 0.3 is 0 Å². The maximum Gasteiger partial charge on any atom is 0.255 e. The SMILES string of the molecule is CN(C)C(=O)CCc1cccc(NC(=O)c2cccc(OCCOc3ccccc3)c2)c1. The van der Waals surface area contributed by atoms with Crippen LogP contribution in [0.15, 0.2) is 78.9 Å². The van der Waals surface area contributed by atoms with Crippen molar-refractivity contribution in [2.24, 2.45) is 0 Å². The van der Waals surface area contributed by atoms with Crippen molar-refractivity contribution in [2.75, 3.05) is 32.6 Å². The van der Waals surface area contributed by atoms with Crippen LogP contribution in [-0.4, -0.2) is 44.0 Å². The molecule has 0 bridgehead atoms. The van der Waals surface area contributed by atoms with E-state index >= 15 is 0 Å². The number of amides is 2. The van der Waals surface area contributed by atoms with E-state index in [0.717, 1.165) is 11.3 Å². The zero-order valence-corrected chi connectivity index (χ0v) is 18.4. The maximum absolute atomic E-state index is 12.7. The molecule has 0 aliphatic carbocycles. The van der Waals surface area contributed by atoms with Crippen molar-refractivity contribution < 1.29 is 19.1 Å². The average Bonchev–Trinajstić information content (AvgIpc) is 2.81. The van der Waals surface area contributed by atoms with E-state index in [2.05, 4.69) is 5.32 Å². The van der Waals surface area contributed by atoms with Crippen molar-refractivity contribution in [2.45, 2.75) is 12.8 Å². The van der Waals surface area contributed by atoms with E-state index in [-0.39, 0.29) is 11.8 Å². The molecular weight excluding hydrogens is 404 g/mol. The van der Waals surface area contributed by atoms with E-state index in [4.69, 9.17) is 9.47 Å². The van der Waals surface area contributed by atoms with Crippen LogP contribution in [-0.2, 0) is 11.2 Å². The average molecular weight is 433 g/mol. The van der Waals surface area contributed by atoms with Crippen LogP contribution in [0.2, 0.25) is 0 Å².